The molecule has 0 N–H and O–H groups in total. The first-order valence-electron chi connectivity index (χ1n) is 7.96. The van der Waals surface area contributed by atoms with Gasteiger partial charge in [-0.15, -0.1) is 0 Å². The summed E-state index contributed by atoms with van der Waals surface area (Å²) >= 11 is 5.00. The van der Waals surface area contributed by atoms with Crippen LogP contribution in [0.1, 0.15) is 11.1 Å². The fourth-order valence-corrected chi connectivity index (χ4v) is 3.84. The van der Waals surface area contributed by atoms with E-state index in [2.05, 4.69) is 47.1 Å². The van der Waals surface area contributed by atoms with Crippen LogP contribution in [-0.2, 0) is 17.0 Å². The maximum absolute atomic E-state index is 12.9. The van der Waals surface area contributed by atoms with E-state index in [4.69, 9.17) is 9.72 Å². The van der Waals surface area contributed by atoms with Gasteiger partial charge in [-0.1, -0.05) is 57.5 Å². The Bertz CT molecular complexity index is 939. The van der Waals surface area contributed by atoms with Gasteiger partial charge in [0.25, 0.3) is 5.56 Å². The molecule has 0 aliphatic rings. The summed E-state index contributed by atoms with van der Waals surface area (Å²) in [6.07, 6.45) is 0. The predicted octanol–water partition coefficient (Wildman–Crippen LogP) is 4.41. The Labute approximate surface area is 159 Å². The van der Waals surface area contributed by atoms with Crippen molar-refractivity contribution in [3.05, 3.63) is 68.4 Å². The van der Waals surface area contributed by atoms with Crippen LogP contribution in [0, 0.1) is 6.92 Å². The van der Waals surface area contributed by atoms with E-state index in [9.17, 15) is 4.79 Å². The molecule has 2 aromatic carbocycles. The van der Waals surface area contributed by atoms with Gasteiger partial charge in [-0.3, -0.25) is 9.36 Å². The molecule has 0 saturated carbocycles. The largest absolute Gasteiger partial charge is 0.383 e. The summed E-state index contributed by atoms with van der Waals surface area (Å²) in [4.78, 5) is 17.6. The van der Waals surface area contributed by atoms with Crippen molar-refractivity contribution in [2.45, 2.75) is 24.4 Å². The fourth-order valence-electron chi connectivity index (χ4n) is 2.49. The molecule has 0 unspecified atom stereocenters. The molecule has 0 atom stereocenters. The Hall–Kier alpha value is -1.63. The smallest absolute Gasteiger partial charge is 0.262 e. The maximum Gasteiger partial charge on any atom is 0.262 e. The first kappa shape index (κ1) is 18.2. The molecule has 1 aromatic heterocycles. The maximum atomic E-state index is 12.9. The van der Waals surface area contributed by atoms with Crippen molar-refractivity contribution >= 4 is 38.6 Å². The van der Waals surface area contributed by atoms with E-state index in [1.165, 1.54) is 11.1 Å². The van der Waals surface area contributed by atoms with E-state index in [-0.39, 0.29) is 5.56 Å². The summed E-state index contributed by atoms with van der Waals surface area (Å²) in [5.74, 6) is 0.766. The normalized spacial score (nSPS) is 11.2. The van der Waals surface area contributed by atoms with Gasteiger partial charge in [0, 0.05) is 17.3 Å². The molecule has 3 rings (SSSR count). The van der Waals surface area contributed by atoms with Crippen LogP contribution in [0.25, 0.3) is 10.9 Å². The highest BCUT2D eigenvalue weighted by molar-refractivity contribution is 9.10. The molecule has 0 saturated heterocycles. The Morgan fingerprint density at radius 1 is 1.20 bits per heavy atom. The zero-order valence-corrected chi connectivity index (χ0v) is 16.6. The SMILES string of the molecule is COCCn1c(SCc2ccc(C)cc2)nc2ccc(Br)cc2c1=O. The molecule has 0 bridgehead atoms. The van der Waals surface area contributed by atoms with Crippen molar-refractivity contribution < 1.29 is 4.74 Å². The van der Waals surface area contributed by atoms with E-state index < -0.39 is 0 Å². The summed E-state index contributed by atoms with van der Waals surface area (Å²) in [6, 6.07) is 14.0. The van der Waals surface area contributed by atoms with Gasteiger partial charge < -0.3 is 4.74 Å². The van der Waals surface area contributed by atoms with Crippen LogP contribution in [0.15, 0.2) is 56.9 Å². The van der Waals surface area contributed by atoms with Crippen molar-refractivity contribution in [2.24, 2.45) is 0 Å². The molecular weight excluding hydrogens is 400 g/mol. The van der Waals surface area contributed by atoms with Crippen LogP contribution in [-0.4, -0.2) is 23.3 Å². The second kappa shape index (κ2) is 8.17. The van der Waals surface area contributed by atoms with Crippen LogP contribution in [0.4, 0.5) is 0 Å². The second-order valence-electron chi connectivity index (χ2n) is 5.78. The van der Waals surface area contributed by atoms with Crippen LogP contribution in [0.2, 0.25) is 0 Å². The van der Waals surface area contributed by atoms with Crippen molar-refractivity contribution in [3.63, 3.8) is 0 Å². The topological polar surface area (TPSA) is 44.1 Å². The van der Waals surface area contributed by atoms with Gasteiger partial charge in [-0.2, -0.15) is 0 Å². The van der Waals surface area contributed by atoms with E-state index in [1.54, 1.807) is 23.4 Å². The van der Waals surface area contributed by atoms with Gasteiger partial charge >= 0.3 is 0 Å². The van der Waals surface area contributed by atoms with Gasteiger partial charge in [-0.25, -0.2) is 4.98 Å². The van der Waals surface area contributed by atoms with E-state index in [0.717, 1.165) is 15.4 Å². The van der Waals surface area contributed by atoms with E-state index in [0.29, 0.717) is 24.1 Å². The fraction of sp³-hybridized carbons (Fsp3) is 0.263. The number of methoxy groups -OCH3 is 1. The predicted molar refractivity (Wildman–Crippen MR) is 106 cm³/mol. The molecule has 130 valence electrons. The molecule has 4 nitrogen and oxygen atoms in total. The lowest BCUT2D eigenvalue weighted by atomic mass is 10.2. The average Bonchev–Trinajstić information content (AvgIpc) is 2.61. The summed E-state index contributed by atoms with van der Waals surface area (Å²) < 4.78 is 7.74. The highest BCUT2D eigenvalue weighted by Gasteiger charge is 2.12. The Morgan fingerprint density at radius 3 is 2.68 bits per heavy atom. The molecule has 0 aliphatic heterocycles. The zero-order valence-electron chi connectivity index (χ0n) is 14.2. The van der Waals surface area contributed by atoms with Crippen LogP contribution in [0.3, 0.4) is 0 Å². The minimum atomic E-state index is -0.0326. The minimum absolute atomic E-state index is 0.0326. The average molecular weight is 419 g/mol. The van der Waals surface area contributed by atoms with Gasteiger partial charge in [-0.05, 0) is 30.7 Å². The molecule has 0 fully saturated rings. The summed E-state index contributed by atoms with van der Waals surface area (Å²) in [7, 11) is 1.63. The number of fused-ring (bicyclic) bond motifs is 1. The minimum Gasteiger partial charge on any atom is -0.383 e. The number of halogens is 1. The molecule has 1 heterocycles. The standard InChI is InChI=1S/C19H19BrN2O2S/c1-13-3-5-14(6-4-13)12-25-19-21-17-8-7-15(20)11-16(17)18(23)22(19)9-10-24-2/h3-8,11H,9-10,12H2,1-2H3. The summed E-state index contributed by atoms with van der Waals surface area (Å²) in [5, 5.41) is 1.34. The molecular formula is C19H19BrN2O2S. The van der Waals surface area contributed by atoms with Crippen LogP contribution in [0.5, 0.6) is 0 Å². The monoisotopic (exact) mass is 418 g/mol. The number of hydrogen-bond acceptors (Lipinski definition) is 4. The van der Waals surface area contributed by atoms with Gasteiger partial charge in [0.1, 0.15) is 0 Å². The van der Waals surface area contributed by atoms with Crippen molar-refractivity contribution in [1.29, 1.82) is 0 Å². The van der Waals surface area contributed by atoms with E-state index >= 15 is 0 Å². The molecule has 0 aliphatic carbocycles. The third kappa shape index (κ3) is 4.32. The number of rotatable bonds is 6. The summed E-state index contributed by atoms with van der Waals surface area (Å²) in [5.41, 5.74) is 3.13. The van der Waals surface area contributed by atoms with Gasteiger partial charge in [0.15, 0.2) is 5.16 Å². The summed E-state index contributed by atoms with van der Waals surface area (Å²) in [6.45, 7) is 3.03. The number of thioether (sulfide) groups is 1. The Balaban J connectivity index is 1.97. The molecule has 6 heteroatoms. The van der Waals surface area contributed by atoms with E-state index in [1.807, 2.05) is 18.2 Å². The Kier molecular flexibility index (Phi) is 5.93. The molecule has 0 spiro atoms. The molecule has 25 heavy (non-hydrogen) atoms. The number of ether oxygens (including phenoxy) is 1. The molecule has 0 amide bonds. The number of aryl methyl sites for hydroxylation is 1. The zero-order chi connectivity index (χ0) is 17.8. The quantitative estimate of drug-likeness (QED) is 0.439. The lowest BCUT2D eigenvalue weighted by Gasteiger charge is -2.13. The van der Waals surface area contributed by atoms with Crippen LogP contribution < -0.4 is 5.56 Å². The van der Waals surface area contributed by atoms with Crippen molar-refractivity contribution in [1.82, 2.24) is 9.55 Å². The number of aromatic nitrogens is 2. The molecule has 0 radical (unpaired) electrons. The first-order valence-corrected chi connectivity index (χ1v) is 9.74. The molecule has 3 aromatic rings. The third-order valence-corrected chi connectivity index (χ3v) is 5.43. The third-order valence-electron chi connectivity index (χ3n) is 3.89. The van der Waals surface area contributed by atoms with Gasteiger partial charge in [0.2, 0.25) is 0 Å². The van der Waals surface area contributed by atoms with Crippen LogP contribution >= 0.6 is 27.7 Å². The van der Waals surface area contributed by atoms with Crippen molar-refractivity contribution in [3.8, 4) is 0 Å². The lowest BCUT2D eigenvalue weighted by Crippen LogP contribution is -2.25. The lowest BCUT2D eigenvalue weighted by molar-refractivity contribution is 0.183. The highest BCUT2D eigenvalue weighted by atomic mass is 79.9. The van der Waals surface area contributed by atoms with Crippen molar-refractivity contribution in [2.75, 3.05) is 13.7 Å². The Morgan fingerprint density at radius 2 is 1.96 bits per heavy atom. The number of hydrogen-bond donors (Lipinski definition) is 0. The first-order chi connectivity index (χ1) is 12.1. The highest BCUT2D eigenvalue weighted by Crippen LogP contribution is 2.23. The van der Waals surface area contributed by atoms with Gasteiger partial charge in [0.05, 0.1) is 24.1 Å². The number of benzene rings is 2. The number of nitrogens with zero attached hydrogens (tertiary/aromatic N) is 2. The second-order valence-corrected chi connectivity index (χ2v) is 7.64.